The molecule has 0 amide bonds. The molecule has 0 unspecified atom stereocenters. The van der Waals surface area contributed by atoms with Gasteiger partial charge in [-0.25, -0.2) is 4.98 Å². The molecule has 2 aromatic rings. The van der Waals surface area contributed by atoms with Crippen LogP contribution < -0.4 is 11.1 Å². The molecule has 1 aromatic carbocycles. The molecule has 0 saturated carbocycles. The molecule has 4 heteroatoms. The topological polar surface area (TPSA) is 50.9 Å². The van der Waals surface area contributed by atoms with Crippen molar-refractivity contribution in [2.24, 2.45) is 0 Å². The Morgan fingerprint density at radius 3 is 3.00 bits per heavy atom. The molecule has 0 spiro atoms. The number of rotatable bonds is 5. The van der Waals surface area contributed by atoms with E-state index in [0.29, 0.717) is 0 Å². The first-order valence-corrected chi connectivity index (χ1v) is 6.58. The normalized spacial score (nSPS) is 10.6. The minimum absolute atomic E-state index is 0.819. The third-order valence-electron chi connectivity index (χ3n) is 2.50. The monoisotopic (exact) mass is 247 g/mol. The van der Waals surface area contributed by atoms with E-state index in [4.69, 9.17) is 5.73 Å². The van der Waals surface area contributed by atoms with Crippen LogP contribution in [-0.2, 0) is 13.0 Å². The second kappa shape index (κ2) is 5.80. The van der Waals surface area contributed by atoms with E-state index in [1.165, 1.54) is 11.3 Å². The van der Waals surface area contributed by atoms with E-state index in [9.17, 15) is 0 Å². The maximum atomic E-state index is 5.72. The molecule has 0 saturated heterocycles. The van der Waals surface area contributed by atoms with Crippen LogP contribution in [0.2, 0.25) is 0 Å². The zero-order valence-electron chi connectivity index (χ0n) is 9.94. The maximum Gasteiger partial charge on any atom is 0.0897 e. The van der Waals surface area contributed by atoms with Crippen LogP contribution in [0.3, 0.4) is 0 Å². The Hall–Kier alpha value is -1.39. The minimum Gasteiger partial charge on any atom is -0.399 e. The highest BCUT2D eigenvalue weighted by Crippen LogP contribution is 2.08. The van der Waals surface area contributed by atoms with Gasteiger partial charge in [-0.2, -0.15) is 0 Å². The molecular weight excluding hydrogens is 230 g/mol. The molecule has 3 nitrogen and oxygen atoms in total. The van der Waals surface area contributed by atoms with E-state index in [0.717, 1.165) is 30.2 Å². The lowest BCUT2D eigenvalue weighted by atomic mass is 10.2. The summed E-state index contributed by atoms with van der Waals surface area (Å²) in [5.74, 6) is 0. The summed E-state index contributed by atoms with van der Waals surface area (Å²) in [6.45, 7) is 3.83. The predicted molar refractivity (Wildman–Crippen MR) is 73.1 cm³/mol. The van der Waals surface area contributed by atoms with Gasteiger partial charge >= 0.3 is 0 Å². The molecule has 0 aliphatic heterocycles. The number of aromatic nitrogens is 1. The summed E-state index contributed by atoms with van der Waals surface area (Å²) in [5, 5.41) is 6.65. The summed E-state index contributed by atoms with van der Waals surface area (Å²) in [6, 6.07) is 7.97. The average molecular weight is 247 g/mol. The molecule has 0 atom stereocenters. The minimum atomic E-state index is 0.819. The number of benzene rings is 1. The SMILES string of the molecule is Cc1nc(CCNCc2cccc(N)c2)cs1. The summed E-state index contributed by atoms with van der Waals surface area (Å²) in [4.78, 5) is 4.43. The number of thiazole rings is 1. The van der Waals surface area contributed by atoms with E-state index in [2.05, 4.69) is 21.7 Å². The van der Waals surface area contributed by atoms with Crippen molar-refractivity contribution in [3.63, 3.8) is 0 Å². The van der Waals surface area contributed by atoms with Gasteiger partial charge in [0, 0.05) is 30.6 Å². The van der Waals surface area contributed by atoms with E-state index in [1.807, 2.05) is 25.1 Å². The molecule has 2 rings (SSSR count). The number of nitrogens with two attached hydrogens (primary N) is 1. The largest absolute Gasteiger partial charge is 0.399 e. The van der Waals surface area contributed by atoms with Crippen molar-refractivity contribution in [1.29, 1.82) is 0 Å². The van der Waals surface area contributed by atoms with Gasteiger partial charge in [-0.05, 0) is 24.6 Å². The Morgan fingerprint density at radius 1 is 1.41 bits per heavy atom. The van der Waals surface area contributed by atoms with Gasteiger partial charge in [0.05, 0.1) is 10.7 Å². The number of nitrogens with zero attached hydrogens (tertiary/aromatic N) is 1. The van der Waals surface area contributed by atoms with Crippen LogP contribution in [0, 0.1) is 6.92 Å². The molecule has 17 heavy (non-hydrogen) atoms. The lowest BCUT2D eigenvalue weighted by Gasteiger charge is -2.04. The van der Waals surface area contributed by atoms with Crippen LogP contribution >= 0.6 is 11.3 Å². The van der Waals surface area contributed by atoms with Crippen LogP contribution in [0.15, 0.2) is 29.6 Å². The molecule has 0 bridgehead atoms. The van der Waals surface area contributed by atoms with Gasteiger partial charge in [0.2, 0.25) is 0 Å². The van der Waals surface area contributed by atoms with Gasteiger partial charge in [0.1, 0.15) is 0 Å². The van der Waals surface area contributed by atoms with Gasteiger partial charge < -0.3 is 11.1 Å². The standard InChI is InChI=1S/C13H17N3S/c1-10-16-13(9-17-10)5-6-15-8-11-3-2-4-12(14)7-11/h2-4,7,9,15H,5-6,8,14H2,1H3. The number of hydrogen-bond donors (Lipinski definition) is 2. The fourth-order valence-corrected chi connectivity index (χ4v) is 2.32. The summed E-state index contributed by atoms with van der Waals surface area (Å²) in [7, 11) is 0. The van der Waals surface area contributed by atoms with Crippen molar-refractivity contribution in [1.82, 2.24) is 10.3 Å². The smallest absolute Gasteiger partial charge is 0.0897 e. The summed E-state index contributed by atoms with van der Waals surface area (Å²) in [5.41, 5.74) is 8.93. The Labute approximate surface area is 106 Å². The first kappa shape index (κ1) is 12.1. The van der Waals surface area contributed by atoms with Crippen molar-refractivity contribution in [2.45, 2.75) is 19.9 Å². The Bertz CT molecular complexity index is 479. The molecule has 0 aliphatic rings. The van der Waals surface area contributed by atoms with Crippen molar-refractivity contribution in [2.75, 3.05) is 12.3 Å². The number of aryl methyl sites for hydroxylation is 1. The second-order valence-electron chi connectivity index (χ2n) is 4.03. The first-order chi connectivity index (χ1) is 8.24. The Morgan fingerprint density at radius 2 is 2.29 bits per heavy atom. The number of hydrogen-bond acceptors (Lipinski definition) is 4. The third-order valence-corrected chi connectivity index (χ3v) is 3.33. The lowest BCUT2D eigenvalue weighted by Crippen LogP contribution is -2.16. The van der Waals surface area contributed by atoms with Crippen molar-refractivity contribution < 1.29 is 0 Å². The van der Waals surface area contributed by atoms with Crippen LogP contribution in [0.5, 0.6) is 0 Å². The van der Waals surface area contributed by atoms with Gasteiger partial charge in [-0.1, -0.05) is 12.1 Å². The molecule has 0 fully saturated rings. The van der Waals surface area contributed by atoms with E-state index >= 15 is 0 Å². The molecule has 1 heterocycles. The molecule has 3 N–H and O–H groups in total. The van der Waals surface area contributed by atoms with Gasteiger partial charge in [-0.3, -0.25) is 0 Å². The van der Waals surface area contributed by atoms with E-state index < -0.39 is 0 Å². The molecular formula is C13H17N3S. The number of anilines is 1. The van der Waals surface area contributed by atoms with Crippen LogP contribution in [0.4, 0.5) is 5.69 Å². The number of nitrogens with one attached hydrogen (secondary N) is 1. The molecule has 1 aromatic heterocycles. The number of nitrogen functional groups attached to an aromatic ring is 1. The van der Waals surface area contributed by atoms with Crippen molar-refractivity contribution in [3.05, 3.63) is 45.9 Å². The van der Waals surface area contributed by atoms with Gasteiger partial charge in [0.25, 0.3) is 0 Å². The Balaban J connectivity index is 1.73. The fraction of sp³-hybridized carbons (Fsp3) is 0.308. The lowest BCUT2D eigenvalue weighted by molar-refractivity contribution is 0.681. The Kier molecular flexibility index (Phi) is 4.12. The molecule has 0 radical (unpaired) electrons. The van der Waals surface area contributed by atoms with E-state index in [1.54, 1.807) is 11.3 Å². The third kappa shape index (κ3) is 3.84. The van der Waals surface area contributed by atoms with Crippen LogP contribution in [-0.4, -0.2) is 11.5 Å². The molecule has 0 aliphatic carbocycles. The summed E-state index contributed by atoms with van der Waals surface area (Å²) in [6.07, 6.45) is 0.979. The molecule has 90 valence electrons. The highest BCUT2D eigenvalue weighted by Gasteiger charge is 1.98. The summed E-state index contributed by atoms with van der Waals surface area (Å²) >= 11 is 1.71. The fourth-order valence-electron chi connectivity index (χ4n) is 1.68. The maximum absolute atomic E-state index is 5.72. The zero-order valence-corrected chi connectivity index (χ0v) is 10.8. The average Bonchev–Trinajstić information content (AvgIpc) is 2.71. The highest BCUT2D eigenvalue weighted by atomic mass is 32.1. The second-order valence-corrected chi connectivity index (χ2v) is 5.09. The zero-order chi connectivity index (χ0) is 12.1. The predicted octanol–water partition coefficient (Wildman–Crippen LogP) is 2.37. The van der Waals surface area contributed by atoms with Gasteiger partial charge in [-0.15, -0.1) is 11.3 Å². The highest BCUT2D eigenvalue weighted by molar-refractivity contribution is 7.09. The van der Waals surface area contributed by atoms with Crippen molar-refractivity contribution in [3.8, 4) is 0 Å². The summed E-state index contributed by atoms with van der Waals surface area (Å²) < 4.78 is 0. The van der Waals surface area contributed by atoms with Crippen LogP contribution in [0.1, 0.15) is 16.3 Å². The quantitative estimate of drug-likeness (QED) is 0.630. The van der Waals surface area contributed by atoms with Crippen LogP contribution in [0.25, 0.3) is 0 Å². The van der Waals surface area contributed by atoms with E-state index in [-0.39, 0.29) is 0 Å². The first-order valence-electron chi connectivity index (χ1n) is 5.70. The van der Waals surface area contributed by atoms with Crippen molar-refractivity contribution >= 4 is 17.0 Å². The van der Waals surface area contributed by atoms with Gasteiger partial charge in [0.15, 0.2) is 0 Å².